The van der Waals surface area contributed by atoms with Gasteiger partial charge in [-0.3, -0.25) is 4.79 Å². The van der Waals surface area contributed by atoms with Crippen LogP contribution < -0.4 is 14.8 Å². The quantitative estimate of drug-likeness (QED) is 0.747. The molecule has 0 saturated heterocycles. The van der Waals surface area contributed by atoms with E-state index in [1.807, 2.05) is 0 Å². The smallest absolute Gasteiger partial charge is 0.258 e. The third-order valence-electron chi connectivity index (χ3n) is 3.67. The summed E-state index contributed by atoms with van der Waals surface area (Å²) in [4.78, 5) is 12.4. The molecule has 5 heteroatoms. The first-order chi connectivity index (χ1) is 10.1. The highest BCUT2D eigenvalue weighted by Crippen LogP contribution is 2.28. The van der Waals surface area contributed by atoms with Crippen LogP contribution in [0, 0.1) is 5.92 Å². The van der Waals surface area contributed by atoms with E-state index in [-0.39, 0.29) is 11.3 Å². The second-order valence-electron chi connectivity index (χ2n) is 4.84. The normalized spacial score (nSPS) is 12.1. The molecular formula is C16H24ClNO3. The van der Waals surface area contributed by atoms with E-state index in [9.17, 15) is 4.79 Å². The maximum atomic E-state index is 12.4. The van der Waals surface area contributed by atoms with Crippen molar-refractivity contribution in [1.82, 2.24) is 5.32 Å². The minimum Gasteiger partial charge on any atom is -0.496 e. The molecule has 118 valence electrons. The number of alkyl halides is 1. The van der Waals surface area contributed by atoms with Crippen LogP contribution in [0.5, 0.6) is 11.5 Å². The first-order valence-electron chi connectivity index (χ1n) is 7.22. The maximum Gasteiger partial charge on any atom is 0.258 e. The Bertz CT molecular complexity index is 439. The molecule has 0 spiro atoms. The van der Waals surface area contributed by atoms with E-state index in [2.05, 4.69) is 19.2 Å². The van der Waals surface area contributed by atoms with E-state index in [0.29, 0.717) is 29.5 Å². The molecule has 0 aliphatic heterocycles. The van der Waals surface area contributed by atoms with Crippen molar-refractivity contribution in [3.8, 4) is 11.5 Å². The number of amides is 1. The first-order valence-corrected chi connectivity index (χ1v) is 7.65. The van der Waals surface area contributed by atoms with Crippen molar-refractivity contribution in [2.45, 2.75) is 32.1 Å². The number of hydrogen-bond acceptors (Lipinski definition) is 3. The van der Waals surface area contributed by atoms with Gasteiger partial charge in [-0.15, -0.1) is 11.6 Å². The number of nitrogens with one attached hydrogen (secondary N) is 1. The molecule has 1 aromatic rings. The summed E-state index contributed by atoms with van der Waals surface area (Å²) < 4.78 is 10.5. The predicted molar refractivity (Wildman–Crippen MR) is 85.6 cm³/mol. The van der Waals surface area contributed by atoms with Gasteiger partial charge in [0.1, 0.15) is 17.1 Å². The topological polar surface area (TPSA) is 47.6 Å². The summed E-state index contributed by atoms with van der Waals surface area (Å²) >= 11 is 6.35. The van der Waals surface area contributed by atoms with Crippen molar-refractivity contribution < 1.29 is 14.3 Å². The van der Waals surface area contributed by atoms with Gasteiger partial charge in [0.2, 0.25) is 0 Å². The van der Waals surface area contributed by atoms with Crippen LogP contribution in [0.1, 0.15) is 37.0 Å². The molecule has 0 fully saturated rings. The maximum absolute atomic E-state index is 12.4. The van der Waals surface area contributed by atoms with Gasteiger partial charge < -0.3 is 14.8 Å². The lowest BCUT2D eigenvalue weighted by Crippen LogP contribution is -2.33. The number of carbonyl (C=O) groups is 1. The lowest BCUT2D eigenvalue weighted by atomic mass is 9.99. The van der Waals surface area contributed by atoms with Gasteiger partial charge in [0.05, 0.1) is 19.6 Å². The van der Waals surface area contributed by atoms with E-state index < -0.39 is 0 Å². The van der Waals surface area contributed by atoms with Crippen LogP contribution in [0.15, 0.2) is 18.2 Å². The van der Waals surface area contributed by atoms with E-state index in [4.69, 9.17) is 21.1 Å². The van der Waals surface area contributed by atoms with Gasteiger partial charge in [-0.05, 0) is 18.1 Å². The van der Waals surface area contributed by atoms with Crippen molar-refractivity contribution in [2.75, 3.05) is 20.8 Å². The lowest BCUT2D eigenvalue weighted by molar-refractivity contribution is 0.0945. The zero-order valence-electron chi connectivity index (χ0n) is 13.1. The molecule has 1 rings (SSSR count). The summed E-state index contributed by atoms with van der Waals surface area (Å²) in [7, 11) is 3.06. The Morgan fingerprint density at radius 3 is 2.14 bits per heavy atom. The third kappa shape index (κ3) is 4.53. The van der Waals surface area contributed by atoms with Crippen LogP contribution in [0.2, 0.25) is 0 Å². The molecule has 0 saturated carbocycles. The molecular weight excluding hydrogens is 290 g/mol. The fourth-order valence-corrected chi connectivity index (χ4v) is 2.75. The van der Waals surface area contributed by atoms with Gasteiger partial charge in [0, 0.05) is 6.54 Å². The molecule has 0 heterocycles. The van der Waals surface area contributed by atoms with Gasteiger partial charge in [-0.25, -0.2) is 0 Å². The molecule has 1 unspecified atom stereocenters. The standard InChI is InChI=1S/C16H24ClNO3/c1-5-11(6-2)12(17)10-18-16(19)15-13(20-3)8-7-9-14(15)21-4/h7-9,11-12H,5-6,10H2,1-4H3,(H,18,19). The largest absolute Gasteiger partial charge is 0.496 e. The molecule has 0 aromatic heterocycles. The van der Waals surface area contributed by atoms with Crippen LogP contribution in [0.4, 0.5) is 0 Å². The molecule has 0 bridgehead atoms. The highest BCUT2D eigenvalue weighted by molar-refractivity contribution is 6.21. The Kier molecular flexibility index (Phi) is 7.37. The number of benzene rings is 1. The van der Waals surface area contributed by atoms with Crippen molar-refractivity contribution in [3.05, 3.63) is 23.8 Å². The van der Waals surface area contributed by atoms with Crippen LogP contribution in [0.25, 0.3) is 0 Å². The van der Waals surface area contributed by atoms with Gasteiger partial charge in [-0.2, -0.15) is 0 Å². The van der Waals surface area contributed by atoms with Crippen molar-refractivity contribution >= 4 is 17.5 Å². The van der Waals surface area contributed by atoms with Crippen LogP contribution in [0.3, 0.4) is 0 Å². The second kappa shape index (κ2) is 8.78. The van der Waals surface area contributed by atoms with Gasteiger partial charge in [0.25, 0.3) is 5.91 Å². The SMILES string of the molecule is CCC(CC)C(Cl)CNC(=O)c1c(OC)cccc1OC. The van der Waals surface area contributed by atoms with Gasteiger partial charge in [-0.1, -0.05) is 32.8 Å². The summed E-state index contributed by atoms with van der Waals surface area (Å²) in [6, 6.07) is 5.25. The zero-order chi connectivity index (χ0) is 15.8. The van der Waals surface area contributed by atoms with E-state index in [1.54, 1.807) is 18.2 Å². The minimum atomic E-state index is -0.235. The highest BCUT2D eigenvalue weighted by Gasteiger charge is 2.21. The van der Waals surface area contributed by atoms with Crippen molar-refractivity contribution in [1.29, 1.82) is 0 Å². The molecule has 21 heavy (non-hydrogen) atoms. The fraction of sp³-hybridized carbons (Fsp3) is 0.562. The molecule has 1 N–H and O–H groups in total. The predicted octanol–water partition coefficient (Wildman–Crippen LogP) is 3.48. The first kappa shape index (κ1) is 17.6. The molecule has 1 atom stereocenters. The lowest BCUT2D eigenvalue weighted by Gasteiger charge is -2.20. The van der Waals surface area contributed by atoms with E-state index in [0.717, 1.165) is 12.8 Å². The number of hydrogen-bond donors (Lipinski definition) is 1. The summed E-state index contributed by atoms with van der Waals surface area (Å²) in [6.07, 6.45) is 2.00. The molecule has 4 nitrogen and oxygen atoms in total. The molecule has 0 aliphatic carbocycles. The summed E-state index contributed by atoms with van der Waals surface area (Å²) in [6.45, 7) is 4.64. The van der Waals surface area contributed by atoms with Crippen LogP contribution >= 0.6 is 11.6 Å². The van der Waals surface area contributed by atoms with Gasteiger partial charge >= 0.3 is 0 Å². The van der Waals surface area contributed by atoms with Gasteiger partial charge in [0.15, 0.2) is 0 Å². The van der Waals surface area contributed by atoms with Crippen LogP contribution in [-0.2, 0) is 0 Å². The number of methoxy groups -OCH3 is 2. The summed E-state index contributed by atoms with van der Waals surface area (Å²) in [5.41, 5.74) is 0.399. The number of carbonyl (C=O) groups excluding carboxylic acids is 1. The minimum absolute atomic E-state index is 0.0790. The number of halogens is 1. The van der Waals surface area contributed by atoms with E-state index >= 15 is 0 Å². The third-order valence-corrected chi connectivity index (χ3v) is 4.18. The molecule has 1 amide bonds. The fourth-order valence-electron chi connectivity index (χ4n) is 2.32. The molecule has 1 aromatic carbocycles. The average Bonchev–Trinajstić information content (AvgIpc) is 2.52. The average molecular weight is 314 g/mol. The number of rotatable bonds is 8. The second-order valence-corrected chi connectivity index (χ2v) is 5.40. The highest BCUT2D eigenvalue weighted by atomic mass is 35.5. The Hall–Kier alpha value is -1.42. The Morgan fingerprint density at radius 2 is 1.71 bits per heavy atom. The zero-order valence-corrected chi connectivity index (χ0v) is 13.9. The van der Waals surface area contributed by atoms with E-state index in [1.165, 1.54) is 14.2 Å². The summed E-state index contributed by atoms with van der Waals surface area (Å²) in [5.74, 6) is 1.13. The Labute approximate surface area is 131 Å². The van der Waals surface area contributed by atoms with Crippen molar-refractivity contribution in [2.24, 2.45) is 5.92 Å². The Balaban J connectivity index is 2.80. The Morgan fingerprint density at radius 1 is 1.19 bits per heavy atom. The van der Waals surface area contributed by atoms with Crippen molar-refractivity contribution in [3.63, 3.8) is 0 Å². The van der Waals surface area contributed by atoms with Crippen LogP contribution in [-0.4, -0.2) is 32.0 Å². The molecule has 0 radical (unpaired) electrons. The monoisotopic (exact) mass is 313 g/mol. The summed E-state index contributed by atoms with van der Waals surface area (Å²) in [5, 5.41) is 2.79. The molecule has 0 aliphatic rings. The number of ether oxygens (including phenoxy) is 2.